The van der Waals surface area contributed by atoms with E-state index >= 15 is 0 Å². The summed E-state index contributed by atoms with van der Waals surface area (Å²) in [6, 6.07) is 66.0. The Kier molecular flexibility index (Phi) is 22.2. The minimum absolute atomic E-state index is 0.646. The number of ether oxygens (including phenoxy) is 4. The summed E-state index contributed by atoms with van der Waals surface area (Å²) in [4.78, 5) is 17.8. The third-order valence-corrected chi connectivity index (χ3v) is 26.7. The van der Waals surface area contributed by atoms with Crippen LogP contribution in [-0.2, 0) is 10.8 Å². The molecule has 2 aliphatic carbocycles. The Morgan fingerprint density at radius 2 is 0.686 bits per heavy atom. The van der Waals surface area contributed by atoms with Crippen LogP contribution in [0.15, 0.2) is 181 Å². The van der Waals surface area contributed by atoms with Gasteiger partial charge in [-0.05, 0) is 142 Å². The van der Waals surface area contributed by atoms with Crippen molar-refractivity contribution in [3.05, 3.63) is 226 Å². The number of hydrogen-bond donors (Lipinski definition) is 0. The van der Waals surface area contributed by atoms with Gasteiger partial charge in [0, 0.05) is 37.2 Å². The maximum absolute atomic E-state index is 6.67. The molecule has 0 saturated heterocycles. The van der Waals surface area contributed by atoms with E-state index in [-0.39, 0.29) is 0 Å². The molecule has 0 unspecified atom stereocenters. The van der Waals surface area contributed by atoms with Crippen molar-refractivity contribution in [3.8, 4) is 52.9 Å². The van der Waals surface area contributed by atoms with Gasteiger partial charge in [0.25, 0.3) is 0 Å². The molecule has 102 heavy (non-hydrogen) atoms. The van der Waals surface area contributed by atoms with Crippen molar-refractivity contribution in [1.82, 2.24) is 9.97 Å². The first-order valence-electron chi connectivity index (χ1n) is 38.7. The van der Waals surface area contributed by atoms with Crippen LogP contribution in [0.2, 0.25) is 0 Å². The van der Waals surface area contributed by atoms with Crippen LogP contribution in [0.4, 0.5) is 0 Å². The van der Waals surface area contributed by atoms with Crippen molar-refractivity contribution < 1.29 is 18.9 Å². The maximum Gasteiger partial charge on any atom is 0.119 e. The van der Waals surface area contributed by atoms with E-state index in [4.69, 9.17) is 28.9 Å². The van der Waals surface area contributed by atoms with Crippen LogP contribution in [0.25, 0.3) is 83.0 Å². The number of hydrogen-bond acceptors (Lipinski definition) is 10. The maximum atomic E-state index is 6.67. The first kappa shape index (κ1) is 69.8. The number of benzene rings is 8. The zero-order valence-electron chi connectivity index (χ0n) is 60.3. The predicted octanol–water partition coefficient (Wildman–Crippen LogP) is 27.8. The molecule has 524 valence electrons. The molecular formula is C92H98N2O4S4. The second-order valence-corrected chi connectivity index (χ2v) is 32.5. The van der Waals surface area contributed by atoms with Crippen molar-refractivity contribution in [1.29, 1.82) is 0 Å². The van der Waals surface area contributed by atoms with E-state index in [1.165, 1.54) is 217 Å². The summed E-state index contributed by atoms with van der Waals surface area (Å²) in [6.45, 7) is 12.0. The summed E-state index contributed by atoms with van der Waals surface area (Å²) in [5.41, 5.74) is 13.6. The highest BCUT2D eigenvalue weighted by Gasteiger charge is 2.55. The van der Waals surface area contributed by atoms with Crippen LogP contribution in [0.5, 0.6) is 23.0 Å². The van der Waals surface area contributed by atoms with E-state index in [1.54, 1.807) is 0 Å². The third-order valence-electron chi connectivity index (χ3n) is 21.7. The van der Waals surface area contributed by atoms with Crippen molar-refractivity contribution >= 4 is 98.4 Å². The van der Waals surface area contributed by atoms with Crippen molar-refractivity contribution in [2.24, 2.45) is 0 Å². The van der Waals surface area contributed by atoms with Gasteiger partial charge >= 0.3 is 0 Å². The fourth-order valence-corrected chi connectivity index (χ4v) is 22.1. The van der Waals surface area contributed by atoms with Gasteiger partial charge in [-0.2, -0.15) is 0 Å². The highest BCUT2D eigenvalue weighted by atomic mass is 32.1. The van der Waals surface area contributed by atoms with Gasteiger partial charge in [-0.15, -0.1) is 45.3 Å². The summed E-state index contributed by atoms with van der Waals surface area (Å²) in [5.74, 6) is 3.66. The molecule has 8 aromatic carbocycles. The number of fused-ring (bicyclic) bond motifs is 16. The van der Waals surface area contributed by atoms with Gasteiger partial charge in [0.05, 0.1) is 83.4 Å². The molecule has 13 aromatic rings. The Bertz CT molecular complexity index is 4840. The highest BCUT2D eigenvalue weighted by Crippen LogP contribution is 2.70. The van der Waals surface area contributed by atoms with Gasteiger partial charge in [0.1, 0.15) is 23.0 Å². The molecule has 0 spiro atoms. The number of para-hydroxylation sites is 1. The van der Waals surface area contributed by atoms with Crippen LogP contribution in [0.1, 0.15) is 226 Å². The Hall–Kier alpha value is -7.86. The summed E-state index contributed by atoms with van der Waals surface area (Å²) in [7, 11) is 0. The largest absolute Gasteiger partial charge is 0.494 e. The molecule has 5 heterocycles. The Morgan fingerprint density at radius 3 is 1.11 bits per heavy atom. The van der Waals surface area contributed by atoms with E-state index in [9.17, 15) is 0 Å². The molecule has 0 atom stereocenters. The molecule has 6 nitrogen and oxygen atoms in total. The molecule has 0 amide bonds. The zero-order chi connectivity index (χ0) is 69.2. The van der Waals surface area contributed by atoms with Gasteiger partial charge < -0.3 is 18.9 Å². The van der Waals surface area contributed by atoms with Gasteiger partial charge in [-0.25, -0.2) is 9.97 Å². The van der Waals surface area contributed by atoms with Crippen LogP contribution >= 0.6 is 45.3 Å². The SMILES string of the molecule is CCCCCCCCOc1ccc(C2(c3ccc(OCCCCCCCC)cc3)c3ccsc3-c3sc4c5c(sc4c32)-c2sc(-c3cccc4nc6c7ccccc7c7ccccc7c6nc34)cc2C5(c2ccc(OCCCCCCCC)cc2)c2ccc(OCCCCCCCC)cc2)cc1. The van der Waals surface area contributed by atoms with Crippen LogP contribution in [-0.4, -0.2) is 36.4 Å². The minimum atomic E-state index is -0.755. The number of unbranched alkanes of at least 4 members (excludes halogenated alkanes) is 20. The zero-order valence-corrected chi connectivity index (χ0v) is 63.5. The smallest absolute Gasteiger partial charge is 0.119 e. The Morgan fingerprint density at radius 1 is 0.314 bits per heavy atom. The van der Waals surface area contributed by atoms with Crippen LogP contribution in [0, 0.1) is 0 Å². The highest BCUT2D eigenvalue weighted by molar-refractivity contribution is 7.34. The van der Waals surface area contributed by atoms with Gasteiger partial charge in [-0.3, -0.25) is 0 Å². The predicted molar refractivity (Wildman–Crippen MR) is 437 cm³/mol. The average Bonchev–Trinajstić information content (AvgIpc) is 1.49. The number of aromatic nitrogens is 2. The average molecular weight is 1420 g/mol. The van der Waals surface area contributed by atoms with Gasteiger partial charge in [-0.1, -0.05) is 265 Å². The molecule has 10 heteroatoms. The fraction of sp³-hybridized carbons (Fsp3) is 0.370. The molecule has 0 aliphatic heterocycles. The summed E-state index contributed by atoms with van der Waals surface area (Å²) < 4.78 is 29.2. The quantitative estimate of drug-likeness (QED) is 0.0220. The molecule has 0 N–H and O–H groups in total. The lowest BCUT2D eigenvalue weighted by Crippen LogP contribution is -2.28. The van der Waals surface area contributed by atoms with E-state index < -0.39 is 10.8 Å². The van der Waals surface area contributed by atoms with Gasteiger partial charge in [0.2, 0.25) is 0 Å². The van der Waals surface area contributed by atoms with E-state index in [0.717, 1.165) is 100 Å². The molecule has 2 aliphatic rings. The summed E-state index contributed by atoms with van der Waals surface area (Å²) in [6.07, 6.45) is 29.4. The van der Waals surface area contributed by atoms with Crippen molar-refractivity contribution in [2.75, 3.05) is 26.4 Å². The first-order chi connectivity index (χ1) is 50.5. The minimum Gasteiger partial charge on any atom is -0.494 e. The van der Waals surface area contributed by atoms with E-state index in [2.05, 4.69) is 209 Å². The number of thiophene rings is 4. The summed E-state index contributed by atoms with van der Waals surface area (Å²) >= 11 is 7.82. The second kappa shape index (κ2) is 32.4. The fourth-order valence-electron chi connectivity index (χ4n) is 16.5. The summed E-state index contributed by atoms with van der Waals surface area (Å²) in [5, 5.41) is 6.95. The van der Waals surface area contributed by atoms with Crippen LogP contribution in [0.3, 0.4) is 0 Å². The molecule has 15 rings (SSSR count). The second-order valence-electron chi connectivity index (χ2n) is 28.5. The molecule has 0 bridgehead atoms. The first-order valence-corrected chi connectivity index (χ1v) is 42.1. The lowest BCUT2D eigenvalue weighted by molar-refractivity contribution is 0.304. The third kappa shape index (κ3) is 13.5. The van der Waals surface area contributed by atoms with Gasteiger partial charge in [0.15, 0.2) is 0 Å². The number of rotatable bonds is 37. The lowest BCUT2D eigenvalue weighted by atomic mass is 9.67. The van der Waals surface area contributed by atoms with E-state index in [1.807, 2.05) is 45.3 Å². The standard InChI is InChI=1S/C92H98N2O4S4/c1-5-9-13-17-21-29-57-95-67-48-40-63(41-49-67)91(64-42-50-68(51-43-64)96-58-30-22-18-14-10-6-2)76-56-61-99-85(76)87-80(91)89-90(101-87)81-88(102-89)86-77(62-79(100-86)75-38-33-39-78-82(75)94-84-74-37-28-26-35-72(74)71-34-25-27-36-73(71)83(84)93-78)92(81,65-44-52-69(53-45-65)97-59-31-23-19-15-11-7-3)66-46-54-70(55-47-66)98-60-32-24-20-16-12-8-4/h25-28,33-56,61-62H,5-24,29-32,57-60H2,1-4H3. The monoisotopic (exact) mass is 1420 g/mol. The lowest BCUT2D eigenvalue weighted by Gasteiger charge is -2.34. The van der Waals surface area contributed by atoms with E-state index in [0.29, 0.717) is 13.2 Å². The molecule has 0 fully saturated rings. The molecular weight excluding hydrogens is 1330 g/mol. The normalized spacial score (nSPS) is 13.4. The van der Waals surface area contributed by atoms with Crippen molar-refractivity contribution in [3.63, 3.8) is 0 Å². The van der Waals surface area contributed by atoms with Crippen LogP contribution < -0.4 is 18.9 Å². The molecule has 5 aromatic heterocycles. The molecule has 0 saturated carbocycles. The Balaban J connectivity index is 0.915. The van der Waals surface area contributed by atoms with Crippen molar-refractivity contribution in [2.45, 2.75) is 193 Å². The Labute approximate surface area is 620 Å². The molecule has 0 radical (unpaired) electrons. The topological polar surface area (TPSA) is 62.7 Å². The number of nitrogens with zero attached hydrogens (tertiary/aromatic N) is 2.